The molecule has 0 N–H and O–H groups in total. The molecule has 0 bridgehead atoms. The van der Waals surface area contributed by atoms with Crippen molar-refractivity contribution >= 4 is 34.2 Å². The number of hydrogen-bond acceptors (Lipinski definition) is 2. The highest BCUT2D eigenvalue weighted by atomic mass is 127. The normalized spacial score (nSPS) is 10.6. The number of halogens is 2. The van der Waals surface area contributed by atoms with Crippen molar-refractivity contribution in [2.24, 2.45) is 0 Å². The largest absolute Gasteiger partial charge is 0.455 e. The van der Waals surface area contributed by atoms with Gasteiger partial charge in [-0.25, -0.2) is 0 Å². The molecule has 1 heterocycles. The zero-order chi connectivity index (χ0) is 14.8. The van der Waals surface area contributed by atoms with E-state index < -0.39 is 0 Å². The summed E-state index contributed by atoms with van der Waals surface area (Å²) in [6.07, 6.45) is 0. The first-order chi connectivity index (χ1) is 10.1. The van der Waals surface area contributed by atoms with Crippen molar-refractivity contribution in [1.82, 2.24) is 0 Å². The van der Waals surface area contributed by atoms with E-state index in [4.69, 9.17) is 16.0 Å². The summed E-state index contributed by atoms with van der Waals surface area (Å²) in [7, 11) is 0. The Bertz CT molecular complexity index is 824. The van der Waals surface area contributed by atoms with Gasteiger partial charge in [0.15, 0.2) is 11.2 Å². The molecule has 3 aromatic rings. The van der Waals surface area contributed by atoms with E-state index in [9.17, 15) is 4.79 Å². The zero-order valence-corrected chi connectivity index (χ0v) is 13.8. The Balaban J connectivity index is 2.19. The molecule has 0 radical (unpaired) electrons. The standard InChI is InChI=1S/C17H10ClIO2/c18-13-8-6-12(7-9-13)17-16(19)14(20)10-15(21-17)11-4-2-1-3-5-11/h1-10H. The molecular weight excluding hydrogens is 399 g/mol. The molecule has 2 aromatic carbocycles. The SMILES string of the molecule is O=c1cc(-c2ccccc2)oc(-c2ccc(Cl)cc2)c1I. The van der Waals surface area contributed by atoms with Gasteiger partial charge in [0.1, 0.15) is 9.33 Å². The van der Waals surface area contributed by atoms with E-state index in [1.807, 2.05) is 65.1 Å². The molecule has 104 valence electrons. The molecule has 0 spiro atoms. The van der Waals surface area contributed by atoms with Crippen LogP contribution in [0.4, 0.5) is 0 Å². The van der Waals surface area contributed by atoms with Crippen molar-refractivity contribution in [3.05, 3.63) is 79.5 Å². The molecule has 4 heteroatoms. The second-order valence-corrected chi connectivity index (χ2v) is 6.01. The van der Waals surface area contributed by atoms with Gasteiger partial charge in [0.2, 0.25) is 0 Å². The smallest absolute Gasteiger partial charge is 0.199 e. The van der Waals surface area contributed by atoms with Crippen molar-refractivity contribution in [3.63, 3.8) is 0 Å². The van der Waals surface area contributed by atoms with Gasteiger partial charge in [-0.05, 0) is 46.9 Å². The Morgan fingerprint density at radius 2 is 1.57 bits per heavy atom. The lowest BCUT2D eigenvalue weighted by molar-refractivity contribution is 0.576. The van der Waals surface area contributed by atoms with Crippen LogP contribution in [0.25, 0.3) is 22.6 Å². The van der Waals surface area contributed by atoms with Gasteiger partial charge in [0.05, 0.1) is 0 Å². The fraction of sp³-hybridized carbons (Fsp3) is 0. The Morgan fingerprint density at radius 1 is 0.905 bits per heavy atom. The van der Waals surface area contributed by atoms with E-state index in [-0.39, 0.29) is 5.43 Å². The van der Waals surface area contributed by atoms with Crippen molar-refractivity contribution in [1.29, 1.82) is 0 Å². The summed E-state index contributed by atoms with van der Waals surface area (Å²) in [6, 6.07) is 18.3. The van der Waals surface area contributed by atoms with Crippen LogP contribution in [-0.4, -0.2) is 0 Å². The van der Waals surface area contributed by atoms with Crippen molar-refractivity contribution in [2.45, 2.75) is 0 Å². The highest BCUT2D eigenvalue weighted by Gasteiger charge is 2.13. The predicted molar refractivity (Wildman–Crippen MR) is 93.6 cm³/mol. The van der Waals surface area contributed by atoms with Gasteiger partial charge < -0.3 is 4.42 Å². The molecule has 0 atom stereocenters. The van der Waals surface area contributed by atoms with Gasteiger partial charge in [-0.3, -0.25) is 4.79 Å². The quantitative estimate of drug-likeness (QED) is 0.543. The minimum Gasteiger partial charge on any atom is -0.455 e. The second kappa shape index (κ2) is 6.03. The molecule has 0 aliphatic rings. The third-order valence-corrected chi connectivity index (χ3v) is 4.33. The van der Waals surface area contributed by atoms with E-state index in [2.05, 4.69) is 0 Å². The third-order valence-electron chi connectivity index (χ3n) is 3.05. The highest BCUT2D eigenvalue weighted by Crippen LogP contribution is 2.29. The highest BCUT2D eigenvalue weighted by molar-refractivity contribution is 14.1. The van der Waals surface area contributed by atoms with Gasteiger partial charge in [-0.15, -0.1) is 0 Å². The monoisotopic (exact) mass is 408 g/mol. The topological polar surface area (TPSA) is 30.2 Å². The average Bonchev–Trinajstić information content (AvgIpc) is 2.52. The van der Waals surface area contributed by atoms with Gasteiger partial charge >= 0.3 is 0 Å². The minimum atomic E-state index is -0.0503. The molecule has 0 fully saturated rings. The molecule has 3 rings (SSSR count). The maximum absolute atomic E-state index is 12.2. The lowest BCUT2D eigenvalue weighted by atomic mass is 10.1. The van der Waals surface area contributed by atoms with Crippen LogP contribution in [-0.2, 0) is 0 Å². The Labute approximate surface area is 140 Å². The summed E-state index contributed by atoms with van der Waals surface area (Å²) in [5.41, 5.74) is 1.66. The van der Waals surface area contributed by atoms with Crippen molar-refractivity contribution < 1.29 is 4.42 Å². The van der Waals surface area contributed by atoms with Crippen LogP contribution in [0.5, 0.6) is 0 Å². The van der Waals surface area contributed by atoms with E-state index in [1.54, 1.807) is 12.1 Å². The number of hydrogen-bond donors (Lipinski definition) is 0. The molecule has 21 heavy (non-hydrogen) atoms. The fourth-order valence-corrected chi connectivity index (χ4v) is 2.71. The zero-order valence-electron chi connectivity index (χ0n) is 10.8. The first kappa shape index (κ1) is 14.4. The summed E-state index contributed by atoms with van der Waals surface area (Å²) in [6.45, 7) is 0. The minimum absolute atomic E-state index is 0.0503. The van der Waals surface area contributed by atoms with Crippen LogP contribution in [0, 0.1) is 3.57 Å². The van der Waals surface area contributed by atoms with Gasteiger partial charge in [-0.2, -0.15) is 0 Å². The van der Waals surface area contributed by atoms with Crippen LogP contribution in [0.15, 0.2) is 69.9 Å². The molecule has 2 nitrogen and oxygen atoms in total. The van der Waals surface area contributed by atoms with Crippen molar-refractivity contribution in [2.75, 3.05) is 0 Å². The fourth-order valence-electron chi connectivity index (χ4n) is 2.01. The maximum atomic E-state index is 12.2. The molecular formula is C17H10ClIO2. The molecule has 0 aliphatic carbocycles. The van der Waals surface area contributed by atoms with E-state index in [0.29, 0.717) is 20.1 Å². The van der Waals surface area contributed by atoms with Gasteiger partial charge in [0.25, 0.3) is 0 Å². The summed E-state index contributed by atoms with van der Waals surface area (Å²) >= 11 is 7.92. The molecule has 0 aliphatic heterocycles. The van der Waals surface area contributed by atoms with E-state index >= 15 is 0 Å². The second-order valence-electron chi connectivity index (χ2n) is 4.49. The maximum Gasteiger partial charge on any atom is 0.199 e. The summed E-state index contributed by atoms with van der Waals surface area (Å²) < 4.78 is 6.51. The molecule has 0 amide bonds. The van der Waals surface area contributed by atoms with Crippen LogP contribution in [0.2, 0.25) is 5.02 Å². The summed E-state index contributed by atoms with van der Waals surface area (Å²) in [4.78, 5) is 12.2. The molecule has 1 aromatic heterocycles. The van der Waals surface area contributed by atoms with Crippen LogP contribution < -0.4 is 5.43 Å². The first-order valence-electron chi connectivity index (χ1n) is 6.30. The van der Waals surface area contributed by atoms with E-state index in [1.165, 1.54) is 6.07 Å². The Kier molecular flexibility index (Phi) is 4.12. The Morgan fingerprint density at radius 3 is 2.24 bits per heavy atom. The molecule has 0 saturated heterocycles. The lowest BCUT2D eigenvalue weighted by Gasteiger charge is -2.07. The molecule has 0 unspecified atom stereocenters. The average molecular weight is 409 g/mol. The predicted octanol–water partition coefficient (Wildman–Crippen LogP) is 5.23. The van der Waals surface area contributed by atoms with Gasteiger partial charge in [0, 0.05) is 22.2 Å². The number of rotatable bonds is 2. The van der Waals surface area contributed by atoms with Crippen LogP contribution in [0.3, 0.4) is 0 Å². The number of benzene rings is 2. The van der Waals surface area contributed by atoms with Crippen LogP contribution in [0.1, 0.15) is 0 Å². The first-order valence-corrected chi connectivity index (χ1v) is 7.76. The third kappa shape index (κ3) is 3.04. The van der Waals surface area contributed by atoms with Crippen molar-refractivity contribution in [3.8, 4) is 22.6 Å². The van der Waals surface area contributed by atoms with E-state index in [0.717, 1.165) is 11.1 Å². The van der Waals surface area contributed by atoms with Gasteiger partial charge in [-0.1, -0.05) is 41.9 Å². The molecule has 0 saturated carbocycles. The Hall–Kier alpha value is -1.59. The lowest BCUT2D eigenvalue weighted by Crippen LogP contribution is -2.05. The summed E-state index contributed by atoms with van der Waals surface area (Å²) in [5.74, 6) is 1.13. The van der Waals surface area contributed by atoms with Crippen LogP contribution >= 0.6 is 34.2 Å². The summed E-state index contributed by atoms with van der Waals surface area (Å²) in [5, 5.41) is 0.648.